The van der Waals surface area contributed by atoms with Gasteiger partial charge in [-0.15, -0.1) is 0 Å². The highest BCUT2D eigenvalue weighted by Crippen LogP contribution is 2.31. The van der Waals surface area contributed by atoms with Gasteiger partial charge in [-0.2, -0.15) is 0 Å². The predicted molar refractivity (Wildman–Crippen MR) is 146 cm³/mol. The highest BCUT2D eigenvalue weighted by Gasteiger charge is 2.19. The molecule has 5 aromatic rings. The molecule has 2 aromatic heterocycles. The van der Waals surface area contributed by atoms with Crippen LogP contribution in [-0.4, -0.2) is 48.1 Å². The molecule has 1 unspecified atom stereocenters. The van der Waals surface area contributed by atoms with Gasteiger partial charge >= 0.3 is 0 Å². The molecule has 0 aliphatic heterocycles. The van der Waals surface area contributed by atoms with Crippen LogP contribution in [0.25, 0.3) is 21.8 Å². The van der Waals surface area contributed by atoms with Gasteiger partial charge in [0, 0.05) is 49.3 Å². The molecule has 0 fully saturated rings. The second-order valence-corrected chi connectivity index (χ2v) is 9.15. The molecule has 37 heavy (non-hydrogen) atoms. The number of para-hydroxylation sites is 2. The molecule has 0 radical (unpaired) electrons. The van der Waals surface area contributed by atoms with Crippen molar-refractivity contribution in [3.8, 4) is 0 Å². The number of aromatic amines is 2. The quantitative estimate of drug-likeness (QED) is 0.288. The number of H-pyrrole nitrogens is 2. The maximum atomic E-state index is 12.7. The number of hydrogen-bond donors (Lipinski definition) is 3. The zero-order valence-corrected chi connectivity index (χ0v) is 20.8. The summed E-state index contributed by atoms with van der Waals surface area (Å²) in [6.07, 6.45) is 2.01. The van der Waals surface area contributed by atoms with E-state index >= 15 is 0 Å². The van der Waals surface area contributed by atoms with Crippen LogP contribution >= 0.6 is 0 Å². The minimum atomic E-state index is -0.238. The van der Waals surface area contributed by atoms with Gasteiger partial charge < -0.3 is 24.9 Å². The minimum absolute atomic E-state index is 0.0331. The highest BCUT2D eigenvalue weighted by atomic mass is 16.5. The van der Waals surface area contributed by atoms with Crippen LogP contribution in [0.5, 0.6) is 0 Å². The first-order valence-electron chi connectivity index (χ1n) is 12.2. The van der Waals surface area contributed by atoms with Crippen LogP contribution < -0.4 is 15.8 Å². The molecule has 0 aliphatic carbocycles. The standard InChI is InChI=1S/C29H29N5O3/c1-34(2)20-13-11-19(12-14-20)23(24-16-30-25-9-5-3-7-21(24)25)15-31-28(35)18-37-17-27-32-26-10-6-4-8-22(26)29(36)33-27/h3-14,16,23,30H,15,17-18H2,1-2H3,(H,31,35)(H,32,33,36). The number of aromatic nitrogens is 3. The Kier molecular flexibility index (Phi) is 7.00. The van der Waals surface area contributed by atoms with E-state index in [1.165, 1.54) is 0 Å². The number of rotatable bonds is 9. The first-order valence-corrected chi connectivity index (χ1v) is 12.2. The van der Waals surface area contributed by atoms with E-state index in [9.17, 15) is 9.59 Å². The van der Waals surface area contributed by atoms with Crippen molar-refractivity contribution in [2.24, 2.45) is 0 Å². The zero-order chi connectivity index (χ0) is 25.8. The molecular formula is C29H29N5O3. The maximum absolute atomic E-state index is 12.7. The monoisotopic (exact) mass is 495 g/mol. The molecule has 3 aromatic carbocycles. The average molecular weight is 496 g/mol. The molecular weight excluding hydrogens is 466 g/mol. The third-order valence-corrected chi connectivity index (χ3v) is 6.45. The van der Waals surface area contributed by atoms with Crippen molar-refractivity contribution in [2.45, 2.75) is 12.5 Å². The van der Waals surface area contributed by atoms with Crippen molar-refractivity contribution in [1.82, 2.24) is 20.3 Å². The summed E-state index contributed by atoms with van der Waals surface area (Å²) in [5, 5.41) is 4.66. The lowest BCUT2D eigenvalue weighted by Gasteiger charge is -2.20. The summed E-state index contributed by atoms with van der Waals surface area (Å²) in [6, 6.07) is 23.6. The molecule has 0 aliphatic rings. The second kappa shape index (κ2) is 10.7. The van der Waals surface area contributed by atoms with Crippen LogP contribution in [-0.2, 0) is 16.1 Å². The fourth-order valence-electron chi connectivity index (χ4n) is 4.50. The average Bonchev–Trinajstić information content (AvgIpc) is 3.33. The molecule has 8 nitrogen and oxygen atoms in total. The third-order valence-electron chi connectivity index (χ3n) is 6.45. The lowest BCUT2D eigenvalue weighted by molar-refractivity contribution is -0.126. The Bertz CT molecular complexity index is 1590. The zero-order valence-electron chi connectivity index (χ0n) is 20.8. The van der Waals surface area contributed by atoms with E-state index in [2.05, 4.69) is 55.5 Å². The summed E-state index contributed by atoms with van der Waals surface area (Å²) >= 11 is 0. The Balaban J connectivity index is 1.27. The van der Waals surface area contributed by atoms with Crippen molar-refractivity contribution in [2.75, 3.05) is 32.1 Å². The van der Waals surface area contributed by atoms with Crippen molar-refractivity contribution in [3.05, 3.63) is 106 Å². The summed E-state index contributed by atoms with van der Waals surface area (Å²) in [5.41, 5.74) is 4.76. The number of nitrogens with one attached hydrogen (secondary N) is 3. The van der Waals surface area contributed by atoms with E-state index in [1.54, 1.807) is 18.2 Å². The van der Waals surface area contributed by atoms with Crippen molar-refractivity contribution in [3.63, 3.8) is 0 Å². The summed E-state index contributed by atoms with van der Waals surface area (Å²) in [6.45, 7) is 0.304. The Morgan fingerprint density at radius 1 is 1.00 bits per heavy atom. The van der Waals surface area contributed by atoms with Gasteiger partial charge in [0.05, 0.1) is 10.9 Å². The molecule has 5 rings (SSSR count). The third kappa shape index (κ3) is 5.39. The molecule has 188 valence electrons. The number of fused-ring (bicyclic) bond motifs is 2. The number of ether oxygens (including phenoxy) is 1. The summed E-state index contributed by atoms with van der Waals surface area (Å²) in [7, 11) is 4.02. The summed E-state index contributed by atoms with van der Waals surface area (Å²) < 4.78 is 5.57. The Hall–Kier alpha value is -4.43. The molecule has 3 N–H and O–H groups in total. The molecule has 0 bridgehead atoms. The van der Waals surface area contributed by atoms with E-state index < -0.39 is 0 Å². The van der Waals surface area contributed by atoms with Crippen LogP contribution in [0, 0.1) is 0 Å². The van der Waals surface area contributed by atoms with E-state index in [0.29, 0.717) is 23.3 Å². The topological polar surface area (TPSA) is 103 Å². The molecule has 8 heteroatoms. The number of hydrogen-bond acceptors (Lipinski definition) is 5. The van der Waals surface area contributed by atoms with E-state index in [0.717, 1.165) is 27.7 Å². The number of carbonyl (C=O) groups excluding carboxylic acids is 1. The van der Waals surface area contributed by atoms with E-state index in [4.69, 9.17) is 4.74 Å². The number of amides is 1. The SMILES string of the molecule is CN(C)c1ccc(C(CNC(=O)COCc2nc3ccccc3c(=O)[nH]2)c2c[nH]c3ccccc23)cc1. The van der Waals surface area contributed by atoms with Gasteiger partial charge in [0.15, 0.2) is 0 Å². The first-order chi connectivity index (χ1) is 18.0. The van der Waals surface area contributed by atoms with Crippen LogP contribution in [0.1, 0.15) is 22.9 Å². The minimum Gasteiger partial charge on any atom is -0.378 e. The van der Waals surface area contributed by atoms with Gasteiger partial charge in [0.25, 0.3) is 5.56 Å². The lowest BCUT2D eigenvalue weighted by atomic mass is 9.90. The number of carbonyl (C=O) groups is 1. The van der Waals surface area contributed by atoms with Crippen molar-refractivity contribution >= 4 is 33.4 Å². The Morgan fingerprint density at radius 3 is 2.51 bits per heavy atom. The van der Waals surface area contributed by atoms with Crippen LogP contribution in [0.2, 0.25) is 0 Å². The van der Waals surface area contributed by atoms with Gasteiger partial charge in [0.2, 0.25) is 5.91 Å². The fraction of sp³-hybridized carbons (Fsp3) is 0.207. The largest absolute Gasteiger partial charge is 0.378 e. The summed E-state index contributed by atoms with van der Waals surface area (Å²) in [5.74, 6) is 0.0989. The van der Waals surface area contributed by atoms with Gasteiger partial charge in [-0.1, -0.05) is 42.5 Å². The highest BCUT2D eigenvalue weighted by molar-refractivity contribution is 5.84. The van der Waals surface area contributed by atoms with E-state index in [1.807, 2.05) is 44.6 Å². The number of anilines is 1. The fourth-order valence-corrected chi connectivity index (χ4v) is 4.50. The number of benzene rings is 3. The van der Waals surface area contributed by atoms with Gasteiger partial charge in [0.1, 0.15) is 19.0 Å². The second-order valence-electron chi connectivity index (χ2n) is 9.15. The summed E-state index contributed by atoms with van der Waals surface area (Å²) in [4.78, 5) is 37.4. The predicted octanol–water partition coefficient (Wildman–Crippen LogP) is 3.94. The van der Waals surface area contributed by atoms with Crippen LogP contribution in [0.15, 0.2) is 83.8 Å². The van der Waals surface area contributed by atoms with Crippen LogP contribution in [0.3, 0.4) is 0 Å². The Labute approximate surface area is 214 Å². The van der Waals surface area contributed by atoms with Gasteiger partial charge in [-0.25, -0.2) is 4.98 Å². The molecule has 1 atom stereocenters. The van der Waals surface area contributed by atoms with Crippen molar-refractivity contribution < 1.29 is 9.53 Å². The molecule has 1 amide bonds. The normalized spacial score (nSPS) is 12.1. The first kappa shape index (κ1) is 24.3. The van der Waals surface area contributed by atoms with Gasteiger partial charge in [-0.05, 0) is 41.5 Å². The lowest BCUT2D eigenvalue weighted by Crippen LogP contribution is -2.32. The van der Waals surface area contributed by atoms with E-state index in [-0.39, 0.29) is 30.6 Å². The Morgan fingerprint density at radius 2 is 1.73 bits per heavy atom. The molecule has 0 saturated carbocycles. The van der Waals surface area contributed by atoms with Crippen LogP contribution in [0.4, 0.5) is 5.69 Å². The maximum Gasteiger partial charge on any atom is 0.258 e. The number of nitrogens with zero attached hydrogens (tertiary/aromatic N) is 2. The smallest absolute Gasteiger partial charge is 0.258 e. The van der Waals surface area contributed by atoms with Crippen molar-refractivity contribution in [1.29, 1.82) is 0 Å². The molecule has 2 heterocycles. The molecule has 0 spiro atoms. The van der Waals surface area contributed by atoms with Gasteiger partial charge in [-0.3, -0.25) is 9.59 Å². The molecule has 0 saturated heterocycles.